The number of carbonyl (C=O) groups excluding carboxylic acids is 1. The zero-order chi connectivity index (χ0) is 11.7. The monoisotopic (exact) mass is 238 g/mol. The standard InChI is InChI=1S/C13H22N2O2/c16-13(14-11-1-2-11)8-15(12-3-4-12)7-10-5-6-17-9-10/h10-12H,1-9H2,(H,14,16). The smallest absolute Gasteiger partial charge is 0.234 e. The number of carbonyl (C=O) groups is 1. The van der Waals surface area contributed by atoms with Gasteiger partial charge in [0.25, 0.3) is 0 Å². The van der Waals surface area contributed by atoms with Gasteiger partial charge in [0.15, 0.2) is 0 Å². The Bertz CT molecular complexity index is 281. The van der Waals surface area contributed by atoms with E-state index in [1.807, 2.05) is 0 Å². The minimum Gasteiger partial charge on any atom is -0.381 e. The molecule has 1 heterocycles. The average Bonchev–Trinajstić information content (AvgIpc) is 3.20. The van der Waals surface area contributed by atoms with E-state index in [4.69, 9.17) is 4.74 Å². The number of rotatable bonds is 6. The maximum absolute atomic E-state index is 11.8. The van der Waals surface area contributed by atoms with Crippen molar-refractivity contribution in [1.29, 1.82) is 0 Å². The lowest BCUT2D eigenvalue weighted by atomic mass is 10.1. The van der Waals surface area contributed by atoms with Crippen LogP contribution in [0.5, 0.6) is 0 Å². The fraction of sp³-hybridized carbons (Fsp3) is 0.923. The number of nitrogens with one attached hydrogen (secondary N) is 1. The molecule has 3 rings (SSSR count). The first-order valence-corrected chi connectivity index (χ1v) is 6.92. The second kappa shape index (κ2) is 4.94. The molecule has 0 aromatic rings. The minimum absolute atomic E-state index is 0.221. The van der Waals surface area contributed by atoms with Crippen LogP contribution in [0.25, 0.3) is 0 Å². The molecule has 2 aliphatic carbocycles. The lowest BCUT2D eigenvalue weighted by molar-refractivity contribution is -0.122. The summed E-state index contributed by atoms with van der Waals surface area (Å²) in [5.41, 5.74) is 0. The molecule has 0 bridgehead atoms. The van der Waals surface area contributed by atoms with Crippen LogP contribution in [0, 0.1) is 5.92 Å². The molecular formula is C13H22N2O2. The lowest BCUT2D eigenvalue weighted by Crippen LogP contribution is -2.41. The molecule has 0 aromatic heterocycles. The SMILES string of the molecule is O=C(CN(CC1CCOC1)C1CC1)NC1CC1. The van der Waals surface area contributed by atoms with Crippen LogP contribution in [0.15, 0.2) is 0 Å². The van der Waals surface area contributed by atoms with E-state index in [9.17, 15) is 4.79 Å². The molecule has 1 saturated heterocycles. The van der Waals surface area contributed by atoms with Crippen molar-refractivity contribution in [1.82, 2.24) is 10.2 Å². The van der Waals surface area contributed by atoms with Gasteiger partial charge in [0, 0.05) is 25.2 Å². The fourth-order valence-corrected chi connectivity index (χ4v) is 2.53. The van der Waals surface area contributed by atoms with E-state index in [0.717, 1.165) is 26.2 Å². The summed E-state index contributed by atoms with van der Waals surface area (Å²) in [5.74, 6) is 0.864. The first-order chi connectivity index (χ1) is 8.31. The molecule has 2 saturated carbocycles. The third-order valence-electron chi connectivity index (χ3n) is 3.87. The van der Waals surface area contributed by atoms with Crippen molar-refractivity contribution >= 4 is 5.91 Å². The van der Waals surface area contributed by atoms with E-state index in [2.05, 4.69) is 10.2 Å². The van der Waals surface area contributed by atoms with Gasteiger partial charge < -0.3 is 10.1 Å². The zero-order valence-corrected chi connectivity index (χ0v) is 10.4. The summed E-state index contributed by atoms with van der Waals surface area (Å²) >= 11 is 0. The summed E-state index contributed by atoms with van der Waals surface area (Å²) in [7, 11) is 0. The number of amides is 1. The van der Waals surface area contributed by atoms with Gasteiger partial charge in [-0.3, -0.25) is 9.69 Å². The summed E-state index contributed by atoms with van der Waals surface area (Å²) in [6.07, 6.45) is 6.04. The maximum atomic E-state index is 11.8. The van der Waals surface area contributed by atoms with Crippen LogP contribution in [-0.4, -0.2) is 49.2 Å². The number of hydrogen-bond acceptors (Lipinski definition) is 3. The molecule has 17 heavy (non-hydrogen) atoms. The van der Waals surface area contributed by atoms with E-state index in [-0.39, 0.29) is 5.91 Å². The molecule has 4 nitrogen and oxygen atoms in total. The fourth-order valence-electron chi connectivity index (χ4n) is 2.53. The van der Waals surface area contributed by atoms with Gasteiger partial charge in [0.1, 0.15) is 0 Å². The van der Waals surface area contributed by atoms with Crippen LogP contribution < -0.4 is 5.32 Å². The van der Waals surface area contributed by atoms with Gasteiger partial charge in [0.2, 0.25) is 5.91 Å². The second-order valence-corrected chi connectivity index (χ2v) is 5.73. The van der Waals surface area contributed by atoms with Gasteiger partial charge in [0.05, 0.1) is 13.2 Å². The van der Waals surface area contributed by atoms with Gasteiger partial charge in [-0.25, -0.2) is 0 Å². The highest BCUT2D eigenvalue weighted by Gasteiger charge is 2.33. The van der Waals surface area contributed by atoms with Crippen LogP contribution in [-0.2, 0) is 9.53 Å². The Labute approximate surface area is 103 Å². The van der Waals surface area contributed by atoms with Crippen LogP contribution in [0.4, 0.5) is 0 Å². The molecule has 4 heteroatoms. The van der Waals surface area contributed by atoms with Crippen molar-refractivity contribution in [3.63, 3.8) is 0 Å². The third-order valence-corrected chi connectivity index (χ3v) is 3.87. The number of hydrogen-bond donors (Lipinski definition) is 1. The van der Waals surface area contributed by atoms with E-state index < -0.39 is 0 Å². The highest BCUT2D eigenvalue weighted by molar-refractivity contribution is 5.78. The molecule has 0 radical (unpaired) electrons. The first-order valence-electron chi connectivity index (χ1n) is 6.92. The summed E-state index contributed by atoms with van der Waals surface area (Å²) in [6, 6.07) is 1.15. The van der Waals surface area contributed by atoms with E-state index >= 15 is 0 Å². The van der Waals surface area contributed by atoms with Crippen LogP contribution >= 0.6 is 0 Å². The lowest BCUT2D eigenvalue weighted by Gasteiger charge is -2.24. The van der Waals surface area contributed by atoms with Gasteiger partial charge >= 0.3 is 0 Å². The van der Waals surface area contributed by atoms with Crippen molar-refractivity contribution in [2.75, 3.05) is 26.3 Å². The van der Waals surface area contributed by atoms with E-state index in [1.54, 1.807) is 0 Å². The highest BCUT2D eigenvalue weighted by atomic mass is 16.5. The van der Waals surface area contributed by atoms with Gasteiger partial charge in [-0.05, 0) is 38.0 Å². The largest absolute Gasteiger partial charge is 0.381 e. The molecule has 1 atom stereocenters. The number of nitrogens with zero attached hydrogens (tertiary/aromatic N) is 1. The molecule has 3 aliphatic rings. The molecule has 3 fully saturated rings. The van der Waals surface area contributed by atoms with Crippen molar-refractivity contribution < 1.29 is 9.53 Å². The normalized spacial score (nSPS) is 28.6. The predicted octanol–water partition coefficient (Wildman–Crippen LogP) is 0.766. The third kappa shape index (κ3) is 3.42. The summed E-state index contributed by atoms with van der Waals surface area (Å²) < 4.78 is 5.41. The number of ether oxygens (including phenoxy) is 1. The second-order valence-electron chi connectivity index (χ2n) is 5.73. The Kier molecular flexibility index (Phi) is 3.34. The summed E-state index contributed by atoms with van der Waals surface area (Å²) in [5, 5.41) is 3.08. The molecular weight excluding hydrogens is 216 g/mol. The molecule has 1 aliphatic heterocycles. The minimum atomic E-state index is 0.221. The summed E-state index contributed by atoms with van der Waals surface area (Å²) in [4.78, 5) is 14.2. The quantitative estimate of drug-likeness (QED) is 0.743. The van der Waals surface area contributed by atoms with Crippen molar-refractivity contribution in [2.45, 2.75) is 44.2 Å². The molecule has 1 N–H and O–H groups in total. The Morgan fingerprint density at radius 1 is 1.24 bits per heavy atom. The van der Waals surface area contributed by atoms with E-state index in [1.165, 1.54) is 25.7 Å². The Morgan fingerprint density at radius 3 is 2.65 bits per heavy atom. The maximum Gasteiger partial charge on any atom is 0.234 e. The molecule has 1 unspecified atom stereocenters. The van der Waals surface area contributed by atoms with Crippen molar-refractivity contribution in [3.05, 3.63) is 0 Å². The van der Waals surface area contributed by atoms with Crippen molar-refractivity contribution in [3.8, 4) is 0 Å². The zero-order valence-electron chi connectivity index (χ0n) is 10.4. The average molecular weight is 238 g/mol. The predicted molar refractivity (Wildman–Crippen MR) is 64.7 cm³/mol. The van der Waals surface area contributed by atoms with Crippen LogP contribution in [0.3, 0.4) is 0 Å². The molecule has 1 amide bonds. The van der Waals surface area contributed by atoms with Gasteiger partial charge in [-0.15, -0.1) is 0 Å². The Morgan fingerprint density at radius 2 is 2.06 bits per heavy atom. The molecule has 96 valence electrons. The molecule has 0 aromatic carbocycles. The van der Waals surface area contributed by atoms with Gasteiger partial charge in [-0.1, -0.05) is 0 Å². The molecule has 0 spiro atoms. The first kappa shape index (κ1) is 11.5. The van der Waals surface area contributed by atoms with E-state index in [0.29, 0.717) is 24.5 Å². The Hall–Kier alpha value is -0.610. The Balaban J connectivity index is 1.46. The topological polar surface area (TPSA) is 41.6 Å². The summed E-state index contributed by atoms with van der Waals surface area (Å²) in [6.45, 7) is 3.42. The highest BCUT2D eigenvalue weighted by Crippen LogP contribution is 2.28. The van der Waals surface area contributed by atoms with Gasteiger partial charge in [-0.2, -0.15) is 0 Å². The van der Waals surface area contributed by atoms with Crippen LogP contribution in [0.1, 0.15) is 32.1 Å². The van der Waals surface area contributed by atoms with Crippen molar-refractivity contribution in [2.24, 2.45) is 5.92 Å². The van der Waals surface area contributed by atoms with Crippen LogP contribution in [0.2, 0.25) is 0 Å².